The van der Waals surface area contributed by atoms with Gasteiger partial charge in [0.15, 0.2) is 0 Å². The molecule has 0 spiro atoms. The van der Waals surface area contributed by atoms with E-state index in [1.807, 2.05) is 13.8 Å². The van der Waals surface area contributed by atoms with Gasteiger partial charge in [0.2, 0.25) is 10.0 Å². The molecule has 0 saturated carbocycles. The molecule has 0 aliphatic carbocycles. The maximum Gasteiger partial charge on any atom is 0.325 e. The van der Waals surface area contributed by atoms with E-state index >= 15 is 0 Å². The fourth-order valence-electron chi connectivity index (χ4n) is 2.33. The Hall–Kier alpha value is -1.45. The van der Waals surface area contributed by atoms with Crippen molar-refractivity contribution >= 4 is 16.0 Å². The van der Waals surface area contributed by atoms with Crippen LogP contribution in [0.15, 0.2) is 17.3 Å². The smallest absolute Gasteiger partial charge is 0.325 e. The number of rotatable bonds is 5. The van der Waals surface area contributed by atoms with Gasteiger partial charge in [0.25, 0.3) is 0 Å². The Morgan fingerprint density at radius 3 is 2.95 bits per heavy atom. The van der Waals surface area contributed by atoms with Gasteiger partial charge in [-0.15, -0.1) is 0 Å². The Bertz CT molecular complexity index is 623. The Morgan fingerprint density at radius 2 is 2.33 bits per heavy atom. The molecule has 1 unspecified atom stereocenters. The summed E-state index contributed by atoms with van der Waals surface area (Å²) in [6.45, 7) is 3.95. The van der Waals surface area contributed by atoms with Crippen LogP contribution in [0.1, 0.15) is 26.7 Å². The van der Waals surface area contributed by atoms with Gasteiger partial charge in [-0.1, -0.05) is 0 Å². The number of carbonyl (C=O) groups is 1. The summed E-state index contributed by atoms with van der Waals surface area (Å²) in [5, 5.41) is 12.4. The van der Waals surface area contributed by atoms with E-state index in [0.29, 0.717) is 19.4 Å². The predicted molar refractivity (Wildman–Crippen MR) is 73.2 cm³/mol. The molecule has 8 nitrogen and oxygen atoms in total. The second-order valence-electron chi connectivity index (χ2n) is 5.69. The second-order valence-corrected chi connectivity index (χ2v) is 7.40. The van der Waals surface area contributed by atoms with Crippen LogP contribution in [0.2, 0.25) is 0 Å². The Balaban J connectivity index is 2.07. The summed E-state index contributed by atoms with van der Waals surface area (Å²) in [5.41, 5.74) is -0.362. The number of nitrogens with zero attached hydrogens (tertiary/aromatic N) is 2. The molecule has 1 fully saturated rings. The molecule has 21 heavy (non-hydrogen) atoms. The van der Waals surface area contributed by atoms with Gasteiger partial charge in [-0.2, -0.15) is 5.10 Å². The van der Waals surface area contributed by atoms with Crippen molar-refractivity contribution in [2.24, 2.45) is 0 Å². The highest BCUT2D eigenvalue weighted by molar-refractivity contribution is 7.89. The zero-order valence-electron chi connectivity index (χ0n) is 11.9. The van der Waals surface area contributed by atoms with Crippen molar-refractivity contribution in [3.05, 3.63) is 12.4 Å². The van der Waals surface area contributed by atoms with Crippen LogP contribution in [0.25, 0.3) is 0 Å². The lowest BCUT2D eigenvalue weighted by molar-refractivity contribution is -0.137. The molecule has 1 atom stereocenters. The molecule has 2 N–H and O–H groups in total. The third-order valence-corrected chi connectivity index (χ3v) is 4.71. The van der Waals surface area contributed by atoms with Gasteiger partial charge in [0, 0.05) is 18.8 Å². The lowest BCUT2D eigenvalue weighted by atomic mass is 9.95. The van der Waals surface area contributed by atoms with E-state index in [4.69, 9.17) is 9.84 Å². The molecule has 0 amide bonds. The van der Waals surface area contributed by atoms with E-state index in [-0.39, 0.29) is 23.1 Å². The first-order valence-corrected chi connectivity index (χ1v) is 8.07. The summed E-state index contributed by atoms with van der Waals surface area (Å²) >= 11 is 0. The quantitative estimate of drug-likeness (QED) is 0.803. The van der Waals surface area contributed by atoms with Crippen molar-refractivity contribution in [1.82, 2.24) is 14.5 Å². The molecule has 2 heterocycles. The van der Waals surface area contributed by atoms with Crippen LogP contribution in [-0.2, 0) is 26.1 Å². The van der Waals surface area contributed by atoms with Crippen LogP contribution in [0.3, 0.4) is 0 Å². The van der Waals surface area contributed by atoms with Gasteiger partial charge in [0.1, 0.15) is 11.4 Å². The molecule has 0 radical (unpaired) electrons. The zero-order valence-corrected chi connectivity index (χ0v) is 12.8. The first-order valence-electron chi connectivity index (χ1n) is 6.58. The minimum atomic E-state index is -3.71. The van der Waals surface area contributed by atoms with E-state index in [2.05, 4.69) is 9.82 Å². The van der Waals surface area contributed by atoms with Crippen LogP contribution in [0, 0.1) is 0 Å². The number of hydrogen-bond acceptors (Lipinski definition) is 5. The van der Waals surface area contributed by atoms with Crippen molar-refractivity contribution in [2.75, 3.05) is 6.61 Å². The third kappa shape index (κ3) is 4.26. The number of aliphatic carboxylic acids is 1. The van der Waals surface area contributed by atoms with Gasteiger partial charge in [0.05, 0.1) is 11.8 Å². The summed E-state index contributed by atoms with van der Waals surface area (Å²) < 4.78 is 33.8. The molecule has 1 aromatic heterocycles. The van der Waals surface area contributed by atoms with Crippen molar-refractivity contribution in [3.8, 4) is 0 Å². The van der Waals surface area contributed by atoms with Crippen molar-refractivity contribution in [2.45, 2.75) is 49.8 Å². The van der Waals surface area contributed by atoms with Gasteiger partial charge in [-0.05, 0) is 26.7 Å². The highest BCUT2D eigenvalue weighted by Crippen LogP contribution is 2.25. The molecular formula is C12H19N3O5S. The highest BCUT2D eigenvalue weighted by Gasteiger charge is 2.32. The second kappa shape index (κ2) is 5.74. The zero-order chi connectivity index (χ0) is 15.7. The van der Waals surface area contributed by atoms with Crippen LogP contribution < -0.4 is 4.72 Å². The Morgan fingerprint density at radius 1 is 1.62 bits per heavy atom. The molecule has 9 heteroatoms. The number of aromatic nitrogens is 2. The van der Waals surface area contributed by atoms with E-state index < -0.39 is 16.0 Å². The highest BCUT2D eigenvalue weighted by atomic mass is 32.2. The normalized spacial score (nSPS) is 22.1. The lowest BCUT2D eigenvalue weighted by Crippen LogP contribution is -2.45. The average molecular weight is 317 g/mol. The minimum absolute atomic E-state index is 0.0342. The number of carboxylic acids is 1. The maximum atomic E-state index is 12.3. The van der Waals surface area contributed by atoms with Gasteiger partial charge < -0.3 is 9.84 Å². The number of carboxylic acid groups (broad SMARTS) is 1. The fourth-order valence-corrected chi connectivity index (χ4v) is 3.55. The first-order chi connectivity index (χ1) is 9.68. The summed E-state index contributed by atoms with van der Waals surface area (Å²) in [6, 6.07) is -0.207. The molecule has 1 saturated heterocycles. The molecule has 2 rings (SSSR count). The minimum Gasteiger partial charge on any atom is -0.480 e. The Labute approximate surface area is 123 Å². The summed E-state index contributed by atoms with van der Waals surface area (Å²) in [4.78, 5) is 10.5. The van der Waals surface area contributed by atoms with Gasteiger partial charge in [-0.3, -0.25) is 9.48 Å². The first kappa shape index (κ1) is 15.9. The topological polar surface area (TPSA) is 111 Å². The SMILES string of the molecule is CC1(C)CC(NS(=O)(=O)c2cnn(CC(=O)O)c2)CCO1. The fraction of sp³-hybridized carbons (Fsp3) is 0.667. The lowest BCUT2D eigenvalue weighted by Gasteiger charge is -2.35. The van der Waals surface area contributed by atoms with Gasteiger partial charge >= 0.3 is 5.97 Å². The van der Waals surface area contributed by atoms with Crippen molar-refractivity contribution in [3.63, 3.8) is 0 Å². The van der Waals surface area contributed by atoms with Gasteiger partial charge in [-0.25, -0.2) is 13.1 Å². The largest absolute Gasteiger partial charge is 0.480 e. The molecule has 0 bridgehead atoms. The van der Waals surface area contributed by atoms with E-state index in [1.165, 1.54) is 6.20 Å². The summed E-state index contributed by atoms with van der Waals surface area (Å²) in [5.74, 6) is -1.08. The maximum absolute atomic E-state index is 12.3. The van der Waals surface area contributed by atoms with Crippen molar-refractivity contribution < 1.29 is 23.1 Å². The Kier molecular flexibility index (Phi) is 4.35. The van der Waals surface area contributed by atoms with Crippen LogP contribution in [0.4, 0.5) is 0 Å². The molecule has 0 aromatic carbocycles. The molecular weight excluding hydrogens is 298 g/mol. The van der Waals surface area contributed by atoms with E-state index in [0.717, 1.165) is 10.9 Å². The van der Waals surface area contributed by atoms with Crippen LogP contribution >= 0.6 is 0 Å². The van der Waals surface area contributed by atoms with E-state index in [9.17, 15) is 13.2 Å². The number of nitrogens with one attached hydrogen (secondary N) is 1. The molecule has 118 valence electrons. The van der Waals surface area contributed by atoms with E-state index in [1.54, 1.807) is 0 Å². The molecule has 1 aromatic rings. The van der Waals surface area contributed by atoms with Crippen LogP contribution in [-0.4, -0.2) is 47.5 Å². The monoisotopic (exact) mass is 317 g/mol. The van der Waals surface area contributed by atoms with Crippen molar-refractivity contribution in [1.29, 1.82) is 0 Å². The average Bonchev–Trinajstić information content (AvgIpc) is 2.75. The molecule has 1 aliphatic rings. The standard InChI is InChI=1S/C12H19N3O5S/c1-12(2)5-9(3-4-20-12)14-21(18,19)10-6-13-15(7-10)8-11(16)17/h6-7,9,14H,3-5,8H2,1-2H3,(H,16,17). The summed E-state index contributed by atoms with van der Waals surface area (Å²) in [6.07, 6.45) is 3.54. The predicted octanol–water partition coefficient (Wildman–Crippen LogP) is 0.204. The number of ether oxygens (including phenoxy) is 1. The summed E-state index contributed by atoms with van der Waals surface area (Å²) in [7, 11) is -3.71. The third-order valence-electron chi connectivity index (χ3n) is 3.24. The van der Waals surface area contributed by atoms with Crippen LogP contribution in [0.5, 0.6) is 0 Å². The molecule has 1 aliphatic heterocycles. The number of sulfonamides is 1. The number of hydrogen-bond donors (Lipinski definition) is 2.